The van der Waals surface area contributed by atoms with Gasteiger partial charge in [0, 0.05) is 18.2 Å². The van der Waals surface area contributed by atoms with Gasteiger partial charge in [-0.15, -0.1) is 0 Å². The molecule has 32 heavy (non-hydrogen) atoms. The van der Waals surface area contributed by atoms with Gasteiger partial charge in [-0.3, -0.25) is 4.79 Å². The summed E-state index contributed by atoms with van der Waals surface area (Å²) in [6.07, 6.45) is 0. The number of ether oxygens (including phenoxy) is 2. The second-order valence-electron chi connectivity index (χ2n) is 7.38. The lowest BCUT2D eigenvalue weighted by Crippen LogP contribution is -2.33. The van der Waals surface area contributed by atoms with Crippen LogP contribution in [0.15, 0.2) is 84.4 Å². The number of carbonyl (C=O) groups excluding carboxylic acids is 2. The zero-order valence-electron chi connectivity index (χ0n) is 18.8. The molecule has 0 aromatic heterocycles. The third kappa shape index (κ3) is 5.24. The van der Waals surface area contributed by atoms with Crippen LogP contribution in [-0.2, 0) is 14.3 Å². The second kappa shape index (κ2) is 10.4. The predicted molar refractivity (Wildman–Crippen MR) is 127 cm³/mol. The molecule has 0 atom stereocenters. The van der Waals surface area contributed by atoms with Crippen LogP contribution in [0.1, 0.15) is 23.6 Å². The van der Waals surface area contributed by atoms with E-state index in [1.807, 2.05) is 61.5 Å². The number of carbonyl (C=O) groups is 2. The van der Waals surface area contributed by atoms with E-state index in [4.69, 9.17) is 9.47 Å². The Morgan fingerprint density at radius 3 is 1.94 bits per heavy atom. The lowest BCUT2D eigenvalue weighted by Gasteiger charge is -2.24. The molecule has 0 aliphatic rings. The van der Waals surface area contributed by atoms with Crippen molar-refractivity contribution >= 4 is 23.1 Å². The van der Waals surface area contributed by atoms with E-state index < -0.39 is 5.97 Å². The molecule has 3 aromatic rings. The first kappa shape index (κ1) is 22.8. The Bertz CT molecular complexity index is 1100. The Labute approximate surface area is 188 Å². The highest BCUT2D eigenvalue weighted by Gasteiger charge is 2.24. The van der Waals surface area contributed by atoms with Crippen LogP contribution in [0.5, 0.6) is 5.75 Å². The lowest BCUT2D eigenvalue weighted by atomic mass is 9.92. The van der Waals surface area contributed by atoms with Gasteiger partial charge in [-0.25, -0.2) is 4.79 Å². The van der Waals surface area contributed by atoms with Crippen molar-refractivity contribution < 1.29 is 19.1 Å². The molecule has 3 rings (SSSR count). The Kier molecular flexibility index (Phi) is 7.45. The van der Waals surface area contributed by atoms with E-state index in [1.54, 1.807) is 36.3 Å². The van der Waals surface area contributed by atoms with E-state index >= 15 is 0 Å². The molecule has 0 unspecified atom stereocenters. The number of nitrogens with zero attached hydrogens (tertiary/aromatic N) is 1. The number of rotatable bonds is 7. The Morgan fingerprint density at radius 1 is 0.812 bits per heavy atom. The van der Waals surface area contributed by atoms with E-state index in [0.29, 0.717) is 17.0 Å². The summed E-state index contributed by atoms with van der Waals surface area (Å²) in [5.74, 6) is 0.0164. The number of esters is 1. The Balaban J connectivity index is 2.19. The summed E-state index contributed by atoms with van der Waals surface area (Å²) in [5.41, 5.74) is 4.65. The molecule has 0 saturated heterocycles. The normalized spacial score (nSPS) is 11.4. The number of hydrogen-bond acceptors (Lipinski definition) is 4. The fourth-order valence-electron chi connectivity index (χ4n) is 3.51. The van der Waals surface area contributed by atoms with Gasteiger partial charge in [0.25, 0.3) is 0 Å². The quantitative estimate of drug-likeness (QED) is 0.390. The first-order valence-electron chi connectivity index (χ1n) is 10.3. The third-order valence-corrected chi connectivity index (χ3v) is 5.22. The highest BCUT2D eigenvalue weighted by atomic mass is 16.5. The van der Waals surface area contributed by atoms with Crippen LogP contribution < -0.4 is 9.64 Å². The zero-order valence-corrected chi connectivity index (χ0v) is 18.8. The summed E-state index contributed by atoms with van der Waals surface area (Å²) in [4.78, 5) is 27.2. The molecular formula is C27H27NO4. The molecule has 1 amide bonds. The van der Waals surface area contributed by atoms with E-state index in [2.05, 4.69) is 0 Å². The second-order valence-corrected chi connectivity index (χ2v) is 7.38. The standard InChI is InChI=1S/C27H27NO4/c1-19-10-12-22(13-11-19)26(21-8-6-5-7-9-21)25(27(30)32-4)18-28(20(2)29)23-14-16-24(31-3)17-15-23/h5-17H,18H2,1-4H3/b26-25+. The summed E-state index contributed by atoms with van der Waals surface area (Å²) in [6.45, 7) is 3.55. The highest BCUT2D eigenvalue weighted by Crippen LogP contribution is 2.30. The molecule has 0 fully saturated rings. The first-order valence-corrected chi connectivity index (χ1v) is 10.3. The Morgan fingerprint density at radius 2 is 1.41 bits per heavy atom. The van der Waals surface area contributed by atoms with Gasteiger partial charge in [0.2, 0.25) is 5.91 Å². The molecule has 0 heterocycles. The van der Waals surface area contributed by atoms with Gasteiger partial charge in [0.1, 0.15) is 5.75 Å². The van der Waals surface area contributed by atoms with Gasteiger partial charge in [-0.2, -0.15) is 0 Å². The monoisotopic (exact) mass is 429 g/mol. The van der Waals surface area contributed by atoms with Gasteiger partial charge in [0.05, 0.1) is 26.3 Å². The molecule has 5 nitrogen and oxygen atoms in total. The van der Waals surface area contributed by atoms with E-state index in [-0.39, 0.29) is 12.5 Å². The minimum absolute atomic E-state index is 0.0619. The minimum Gasteiger partial charge on any atom is -0.497 e. The molecule has 164 valence electrons. The van der Waals surface area contributed by atoms with E-state index in [9.17, 15) is 9.59 Å². The number of hydrogen-bond donors (Lipinski definition) is 0. The smallest absolute Gasteiger partial charge is 0.336 e. The molecule has 0 aliphatic heterocycles. The van der Waals surface area contributed by atoms with Crippen LogP contribution in [0.25, 0.3) is 5.57 Å². The molecule has 0 bridgehead atoms. The molecule has 0 saturated carbocycles. The SMILES string of the molecule is COC(=O)/C(CN(C(C)=O)c1ccc(OC)cc1)=C(\c1ccccc1)c1ccc(C)cc1. The molecule has 5 heteroatoms. The van der Waals surface area contributed by atoms with Crippen molar-refractivity contribution in [3.05, 3.63) is 101 Å². The summed E-state index contributed by atoms with van der Waals surface area (Å²) in [6, 6.07) is 24.8. The van der Waals surface area contributed by atoms with E-state index in [1.165, 1.54) is 14.0 Å². The van der Waals surface area contributed by atoms with Gasteiger partial charge in [-0.05, 0) is 42.3 Å². The Hall–Kier alpha value is -3.86. The topological polar surface area (TPSA) is 55.8 Å². The average molecular weight is 430 g/mol. The fourth-order valence-corrected chi connectivity index (χ4v) is 3.51. The summed E-state index contributed by atoms with van der Waals surface area (Å²) >= 11 is 0. The van der Waals surface area contributed by atoms with Crippen molar-refractivity contribution in [2.75, 3.05) is 25.7 Å². The van der Waals surface area contributed by atoms with Gasteiger partial charge >= 0.3 is 5.97 Å². The zero-order chi connectivity index (χ0) is 23.1. The van der Waals surface area contributed by atoms with E-state index in [0.717, 1.165) is 22.3 Å². The van der Waals surface area contributed by atoms with Crippen LogP contribution in [0.4, 0.5) is 5.69 Å². The molecule has 3 aromatic carbocycles. The first-order chi connectivity index (χ1) is 15.4. The van der Waals surface area contributed by atoms with Crippen LogP contribution in [0, 0.1) is 6.92 Å². The van der Waals surface area contributed by atoms with Crippen LogP contribution in [-0.4, -0.2) is 32.6 Å². The van der Waals surface area contributed by atoms with Crippen molar-refractivity contribution in [1.29, 1.82) is 0 Å². The van der Waals surface area contributed by atoms with Crippen LogP contribution >= 0.6 is 0 Å². The van der Waals surface area contributed by atoms with Crippen molar-refractivity contribution in [3.8, 4) is 5.75 Å². The maximum atomic E-state index is 13.0. The third-order valence-electron chi connectivity index (χ3n) is 5.22. The maximum absolute atomic E-state index is 13.0. The van der Waals surface area contributed by atoms with Crippen molar-refractivity contribution in [2.24, 2.45) is 0 Å². The molecule has 0 N–H and O–H groups in total. The number of aryl methyl sites for hydroxylation is 1. The lowest BCUT2D eigenvalue weighted by molar-refractivity contribution is -0.136. The highest BCUT2D eigenvalue weighted by molar-refractivity contribution is 6.04. The summed E-state index contributed by atoms with van der Waals surface area (Å²) in [5, 5.41) is 0. The summed E-state index contributed by atoms with van der Waals surface area (Å²) in [7, 11) is 2.94. The number of amides is 1. The predicted octanol–water partition coefficient (Wildman–Crippen LogP) is 5.03. The average Bonchev–Trinajstić information content (AvgIpc) is 2.82. The van der Waals surface area contributed by atoms with Crippen molar-refractivity contribution in [1.82, 2.24) is 0 Å². The van der Waals surface area contributed by atoms with Gasteiger partial charge < -0.3 is 14.4 Å². The van der Waals surface area contributed by atoms with Crippen LogP contribution in [0.2, 0.25) is 0 Å². The molecular weight excluding hydrogens is 402 g/mol. The summed E-state index contributed by atoms with van der Waals surface area (Å²) < 4.78 is 10.4. The number of anilines is 1. The number of benzene rings is 3. The maximum Gasteiger partial charge on any atom is 0.336 e. The molecule has 0 spiro atoms. The van der Waals surface area contributed by atoms with Crippen molar-refractivity contribution in [3.63, 3.8) is 0 Å². The molecule has 0 aliphatic carbocycles. The van der Waals surface area contributed by atoms with Gasteiger partial charge in [0.15, 0.2) is 0 Å². The van der Waals surface area contributed by atoms with Gasteiger partial charge in [-0.1, -0.05) is 60.2 Å². The number of methoxy groups -OCH3 is 2. The largest absolute Gasteiger partial charge is 0.497 e. The van der Waals surface area contributed by atoms with Crippen LogP contribution in [0.3, 0.4) is 0 Å². The van der Waals surface area contributed by atoms with Crippen molar-refractivity contribution in [2.45, 2.75) is 13.8 Å². The fraction of sp³-hybridized carbons (Fsp3) is 0.185. The minimum atomic E-state index is -0.482. The molecule has 0 radical (unpaired) electrons.